The minimum Gasteiger partial charge on any atom is -0.380 e. The van der Waals surface area contributed by atoms with Crippen molar-refractivity contribution in [3.05, 3.63) is 34.1 Å². The summed E-state index contributed by atoms with van der Waals surface area (Å²) in [4.78, 5) is 0. The van der Waals surface area contributed by atoms with E-state index < -0.39 is 0 Å². The number of hydrogen-bond donors (Lipinski definition) is 1. The van der Waals surface area contributed by atoms with Crippen LogP contribution in [0.1, 0.15) is 32.3 Å². The summed E-state index contributed by atoms with van der Waals surface area (Å²) in [6.07, 6.45) is 3.06. The standard InChI is InChI=1S/C15H23BrFNO/c1-4-8-18-14(15(5-2)19-3)10-11-6-7-13(17)12(16)9-11/h6-7,9,14-15,18H,4-5,8,10H2,1-3H3. The Bertz CT molecular complexity index is 382. The average Bonchev–Trinajstić information content (AvgIpc) is 2.41. The van der Waals surface area contributed by atoms with E-state index in [1.807, 2.05) is 12.1 Å². The topological polar surface area (TPSA) is 21.3 Å². The maximum Gasteiger partial charge on any atom is 0.137 e. The van der Waals surface area contributed by atoms with Crippen molar-refractivity contribution in [1.29, 1.82) is 0 Å². The van der Waals surface area contributed by atoms with Crippen molar-refractivity contribution in [3.63, 3.8) is 0 Å². The second kappa shape index (κ2) is 8.67. The van der Waals surface area contributed by atoms with Crippen molar-refractivity contribution in [2.75, 3.05) is 13.7 Å². The number of rotatable bonds is 8. The lowest BCUT2D eigenvalue weighted by atomic mass is 9.99. The Morgan fingerprint density at radius 1 is 1.37 bits per heavy atom. The van der Waals surface area contributed by atoms with Crippen molar-refractivity contribution in [2.45, 2.75) is 45.3 Å². The summed E-state index contributed by atoms with van der Waals surface area (Å²) in [5, 5.41) is 3.52. The van der Waals surface area contributed by atoms with Crippen molar-refractivity contribution in [2.24, 2.45) is 0 Å². The molecule has 0 aliphatic heterocycles. The number of hydrogen-bond acceptors (Lipinski definition) is 2. The molecule has 0 bridgehead atoms. The van der Waals surface area contributed by atoms with Crippen LogP contribution in [0.4, 0.5) is 4.39 Å². The van der Waals surface area contributed by atoms with Gasteiger partial charge in [-0.3, -0.25) is 0 Å². The molecule has 1 rings (SSSR count). The van der Waals surface area contributed by atoms with Gasteiger partial charge in [0.1, 0.15) is 5.82 Å². The molecule has 1 aromatic rings. The molecule has 0 fully saturated rings. The van der Waals surface area contributed by atoms with Crippen LogP contribution in [0.15, 0.2) is 22.7 Å². The van der Waals surface area contributed by atoms with E-state index in [1.54, 1.807) is 7.11 Å². The second-order valence-electron chi connectivity index (χ2n) is 4.70. The van der Waals surface area contributed by atoms with Crippen LogP contribution in [0.2, 0.25) is 0 Å². The zero-order valence-electron chi connectivity index (χ0n) is 11.9. The molecule has 2 unspecified atom stereocenters. The van der Waals surface area contributed by atoms with E-state index in [1.165, 1.54) is 6.07 Å². The highest BCUT2D eigenvalue weighted by Gasteiger charge is 2.19. The van der Waals surface area contributed by atoms with E-state index in [-0.39, 0.29) is 18.0 Å². The number of methoxy groups -OCH3 is 1. The second-order valence-corrected chi connectivity index (χ2v) is 5.55. The summed E-state index contributed by atoms with van der Waals surface area (Å²) in [7, 11) is 1.75. The Kier molecular flexibility index (Phi) is 7.57. The van der Waals surface area contributed by atoms with Crippen LogP contribution >= 0.6 is 15.9 Å². The first-order chi connectivity index (χ1) is 9.12. The summed E-state index contributed by atoms with van der Waals surface area (Å²) in [6.45, 7) is 5.23. The fraction of sp³-hybridized carbons (Fsp3) is 0.600. The lowest BCUT2D eigenvalue weighted by Gasteiger charge is -2.26. The third-order valence-corrected chi connectivity index (χ3v) is 3.86. The number of benzene rings is 1. The molecule has 0 amide bonds. The molecule has 0 saturated carbocycles. The van der Waals surface area contributed by atoms with Gasteiger partial charge >= 0.3 is 0 Å². The van der Waals surface area contributed by atoms with Crippen molar-refractivity contribution in [3.8, 4) is 0 Å². The van der Waals surface area contributed by atoms with Gasteiger partial charge in [-0.1, -0.05) is 19.9 Å². The lowest BCUT2D eigenvalue weighted by molar-refractivity contribution is 0.0653. The third-order valence-electron chi connectivity index (χ3n) is 3.25. The highest BCUT2D eigenvalue weighted by Crippen LogP contribution is 2.19. The predicted molar refractivity (Wildman–Crippen MR) is 81.0 cm³/mol. The van der Waals surface area contributed by atoms with E-state index in [9.17, 15) is 4.39 Å². The van der Waals surface area contributed by atoms with Gasteiger partial charge in [-0.25, -0.2) is 4.39 Å². The van der Waals surface area contributed by atoms with E-state index >= 15 is 0 Å². The summed E-state index contributed by atoms with van der Waals surface area (Å²) in [5.74, 6) is -0.222. The van der Waals surface area contributed by atoms with E-state index in [4.69, 9.17) is 4.74 Å². The molecule has 0 saturated heterocycles. The first-order valence-electron chi connectivity index (χ1n) is 6.82. The summed E-state index contributed by atoms with van der Waals surface area (Å²) in [6, 6.07) is 5.44. The number of ether oxygens (including phenoxy) is 1. The molecule has 4 heteroatoms. The van der Waals surface area contributed by atoms with Gasteiger partial charge < -0.3 is 10.1 Å². The Morgan fingerprint density at radius 2 is 2.11 bits per heavy atom. The summed E-state index contributed by atoms with van der Waals surface area (Å²) < 4.78 is 19.3. The molecule has 1 N–H and O–H groups in total. The zero-order valence-corrected chi connectivity index (χ0v) is 13.5. The highest BCUT2D eigenvalue weighted by atomic mass is 79.9. The molecule has 0 radical (unpaired) electrons. The van der Waals surface area contributed by atoms with Crippen LogP contribution in [-0.2, 0) is 11.2 Å². The van der Waals surface area contributed by atoms with Gasteiger partial charge in [0.15, 0.2) is 0 Å². The fourth-order valence-electron chi connectivity index (χ4n) is 2.20. The van der Waals surface area contributed by atoms with Gasteiger partial charge in [-0.15, -0.1) is 0 Å². The van der Waals surface area contributed by atoms with Crippen molar-refractivity contribution < 1.29 is 9.13 Å². The molecule has 0 spiro atoms. The molecular formula is C15H23BrFNO. The van der Waals surface area contributed by atoms with Gasteiger partial charge in [0.25, 0.3) is 0 Å². The minimum absolute atomic E-state index is 0.176. The SMILES string of the molecule is CCCNC(Cc1ccc(F)c(Br)c1)C(CC)OC. The van der Waals surface area contributed by atoms with E-state index in [0.717, 1.165) is 31.4 Å². The molecule has 0 aliphatic carbocycles. The van der Waals surface area contributed by atoms with Crippen LogP contribution in [0.5, 0.6) is 0 Å². The first-order valence-corrected chi connectivity index (χ1v) is 7.61. The Morgan fingerprint density at radius 3 is 2.63 bits per heavy atom. The fourth-order valence-corrected chi connectivity index (χ4v) is 2.63. The third kappa shape index (κ3) is 5.21. The summed E-state index contributed by atoms with van der Waals surface area (Å²) >= 11 is 3.23. The Labute approximate surface area is 123 Å². The van der Waals surface area contributed by atoms with E-state index in [2.05, 4.69) is 35.1 Å². The predicted octanol–water partition coefficient (Wildman–Crippen LogP) is 3.92. The van der Waals surface area contributed by atoms with Crippen LogP contribution in [0.3, 0.4) is 0 Å². The molecule has 1 aromatic carbocycles. The zero-order chi connectivity index (χ0) is 14.3. The van der Waals surface area contributed by atoms with Gasteiger partial charge in [0.2, 0.25) is 0 Å². The number of halogens is 2. The van der Waals surface area contributed by atoms with Crippen LogP contribution in [0, 0.1) is 5.82 Å². The molecule has 2 atom stereocenters. The molecule has 2 nitrogen and oxygen atoms in total. The summed E-state index contributed by atoms with van der Waals surface area (Å²) in [5.41, 5.74) is 1.11. The largest absolute Gasteiger partial charge is 0.380 e. The minimum atomic E-state index is -0.222. The highest BCUT2D eigenvalue weighted by molar-refractivity contribution is 9.10. The van der Waals surface area contributed by atoms with Gasteiger partial charge in [-0.05, 0) is 59.4 Å². The molecule has 108 valence electrons. The molecule has 0 aromatic heterocycles. The van der Waals surface area contributed by atoms with Crippen LogP contribution in [0.25, 0.3) is 0 Å². The van der Waals surface area contributed by atoms with Gasteiger partial charge in [0, 0.05) is 13.2 Å². The van der Waals surface area contributed by atoms with Gasteiger partial charge in [-0.2, -0.15) is 0 Å². The quantitative estimate of drug-likeness (QED) is 0.779. The Balaban J connectivity index is 2.77. The van der Waals surface area contributed by atoms with Gasteiger partial charge in [0.05, 0.1) is 10.6 Å². The van der Waals surface area contributed by atoms with Crippen LogP contribution < -0.4 is 5.32 Å². The maximum atomic E-state index is 13.2. The average molecular weight is 332 g/mol. The van der Waals surface area contributed by atoms with Crippen molar-refractivity contribution in [1.82, 2.24) is 5.32 Å². The lowest BCUT2D eigenvalue weighted by Crippen LogP contribution is -2.42. The maximum absolute atomic E-state index is 13.2. The monoisotopic (exact) mass is 331 g/mol. The molecule has 0 heterocycles. The molecule has 19 heavy (non-hydrogen) atoms. The van der Waals surface area contributed by atoms with Crippen LogP contribution in [-0.4, -0.2) is 25.8 Å². The number of nitrogens with one attached hydrogen (secondary N) is 1. The molecule has 0 aliphatic rings. The Hall–Kier alpha value is -0.450. The van der Waals surface area contributed by atoms with Crippen molar-refractivity contribution >= 4 is 15.9 Å². The smallest absolute Gasteiger partial charge is 0.137 e. The van der Waals surface area contributed by atoms with E-state index in [0.29, 0.717) is 4.47 Å². The first kappa shape index (κ1) is 16.6. The normalized spacial score (nSPS) is 14.4. The molecular weight excluding hydrogens is 309 g/mol.